The van der Waals surface area contributed by atoms with Crippen molar-refractivity contribution >= 4 is 27.3 Å². The van der Waals surface area contributed by atoms with E-state index in [9.17, 15) is 8.42 Å². The Labute approximate surface area is 161 Å². The topological polar surface area (TPSA) is 40.6 Å². The van der Waals surface area contributed by atoms with Crippen LogP contribution in [0.1, 0.15) is 16.7 Å². The zero-order valence-corrected chi connectivity index (χ0v) is 16.9. The van der Waals surface area contributed by atoms with Crippen LogP contribution in [0.4, 0.5) is 5.69 Å². The third-order valence-electron chi connectivity index (χ3n) is 5.10. The minimum absolute atomic E-state index is 0.357. The summed E-state index contributed by atoms with van der Waals surface area (Å²) >= 11 is 5.74. The first-order valence-corrected chi connectivity index (χ1v) is 10.9. The predicted octanol–water partition coefficient (Wildman–Crippen LogP) is 3.60. The highest BCUT2D eigenvalue weighted by atomic mass is 35.5. The summed E-state index contributed by atoms with van der Waals surface area (Å²) in [5.41, 5.74) is 4.78. The van der Waals surface area contributed by atoms with E-state index in [1.54, 1.807) is 16.4 Å². The molecule has 0 aromatic heterocycles. The molecule has 2 aromatic carbocycles. The SMILES string of the molecule is Cc1cccc(N2CCN(S(=O)(=O)c3ccc(CCCl)cc3)CC2)c1C. The summed E-state index contributed by atoms with van der Waals surface area (Å²) in [6.07, 6.45) is 0.746. The fraction of sp³-hybridized carbons (Fsp3) is 0.400. The fourth-order valence-corrected chi connectivity index (χ4v) is 4.97. The molecule has 0 N–H and O–H groups in total. The molecule has 1 aliphatic heterocycles. The van der Waals surface area contributed by atoms with Gasteiger partial charge in [0, 0.05) is 37.7 Å². The number of sulfonamides is 1. The van der Waals surface area contributed by atoms with Gasteiger partial charge in [-0.3, -0.25) is 0 Å². The summed E-state index contributed by atoms with van der Waals surface area (Å²) in [5, 5.41) is 0. The van der Waals surface area contributed by atoms with Gasteiger partial charge in [0.05, 0.1) is 4.90 Å². The highest BCUT2D eigenvalue weighted by Gasteiger charge is 2.29. The molecule has 0 saturated carbocycles. The number of anilines is 1. The van der Waals surface area contributed by atoms with Crippen LogP contribution in [0, 0.1) is 13.8 Å². The van der Waals surface area contributed by atoms with Crippen molar-refractivity contribution in [1.82, 2.24) is 4.31 Å². The Bertz CT molecular complexity index is 858. The van der Waals surface area contributed by atoms with Crippen LogP contribution in [0.3, 0.4) is 0 Å². The third-order valence-corrected chi connectivity index (χ3v) is 7.20. The zero-order chi connectivity index (χ0) is 18.7. The van der Waals surface area contributed by atoms with Gasteiger partial charge in [0.15, 0.2) is 0 Å². The van der Waals surface area contributed by atoms with E-state index in [4.69, 9.17) is 11.6 Å². The summed E-state index contributed by atoms with van der Waals surface area (Å²) in [6.45, 7) is 6.63. The van der Waals surface area contributed by atoms with Gasteiger partial charge in [-0.25, -0.2) is 8.42 Å². The van der Waals surface area contributed by atoms with Crippen molar-refractivity contribution in [2.45, 2.75) is 25.2 Å². The van der Waals surface area contributed by atoms with Crippen molar-refractivity contribution in [3.05, 3.63) is 59.2 Å². The van der Waals surface area contributed by atoms with Crippen LogP contribution in [0.25, 0.3) is 0 Å². The molecule has 1 saturated heterocycles. The number of hydrogen-bond acceptors (Lipinski definition) is 3. The second-order valence-corrected chi connectivity index (χ2v) is 9.01. The minimum Gasteiger partial charge on any atom is -0.369 e. The maximum absolute atomic E-state index is 12.9. The Morgan fingerprint density at radius 2 is 1.62 bits per heavy atom. The summed E-state index contributed by atoms with van der Waals surface area (Å²) in [6, 6.07) is 13.4. The van der Waals surface area contributed by atoms with Crippen molar-refractivity contribution in [3.8, 4) is 0 Å². The van der Waals surface area contributed by atoms with Crippen molar-refractivity contribution in [2.24, 2.45) is 0 Å². The smallest absolute Gasteiger partial charge is 0.243 e. The van der Waals surface area contributed by atoms with E-state index >= 15 is 0 Å². The minimum atomic E-state index is -3.44. The maximum atomic E-state index is 12.9. The van der Waals surface area contributed by atoms with Crippen molar-refractivity contribution in [1.29, 1.82) is 0 Å². The van der Waals surface area contributed by atoms with Gasteiger partial charge in [-0.2, -0.15) is 4.31 Å². The summed E-state index contributed by atoms with van der Waals surface area (Å²) in [4.78, 5) is 2.63. The molecule has 0 bridgehead atoms. The Kier molecular flexibility index (Phi) is 5.90. The Morgan fingerprint density at radius 3 is 2.23 bits per heavy atom. The van der Waals surface area contributed by atoms with E-state index in [1.165, 1.54) is 16.8 Å². The van der Waals surface area contributed by atoms with Crippen LogP contribution in [-0.2, 0) is 16.4 Å². The molecule has 0 aliphatic carbocycles. The van der Waals surface area contributed by atoms with Gasteiger partial charge in [-0.05, 0) is 55.2 Å². The lowest BCUT2D eigenvalue weighted by Gasteiger charge is -2.36. The quantitative estimate of drug-likeness (QED) is 0.730. The number of aryl methyl sites for hydroxylation is 2. The molecule has 140 valence electrons. The van der Waals surface area contributed by atoms with Crippen molar-refractivity contribution in [3.63, 3.8) is 0 Å². The first-order chi connectivity index (χ1) is 12.4. The summed E-state index contributed by atoms with van der Waals surface area (Å²) < 4.78 is 27.4. The van der Waals surface area contributed by atoms with Crippen LogP contribution in [0.2, 0.25) is 0 Å². The van der Waals surface area contributed by atoms with Gasteiger partial charge >= 0.3 is 0 Å². The molecule has 0 amide bonds. The molecule has 1 aliphatic rings. The number of alkyl halides is 1. The lowest BCUT2D eigenvalue weighted by Crippen LogP contribution is -2.48. The molecular weight excluding hydrogens is 368 g/mol. The lowest BCUT2D eigenvalue weighted by molar-refractivity contribution is 0.384. The van der Waals surface area contributed by atoms with E-state index in [0.717, 1.165) is 12.0 Å². The second kappa shape index (κ2) is 7.99. The van der Waals surface area contributed by atoms with Crippen LogP contribution in [0.5, 0.6) is 0 Å². The van der Waals surface area contributed by atoms with E-state index in [2.05, 4.69) is 36.9 Å². The number of hydrogen-bond donors (Lipinski definition) is 0. The average Bonchev–Trinajstić information content (AvgIpc) is 2.65. The van der Waals surface area contributed by atoms with Crippen LogP contribution < -0.4 is 4.90 Å². The number of nitrogens with zero attached hydrogens (tertiary/aromatic N) is 2. The Hall–Kier alpha value is -1.56. The highest BCUT2D eigenvalue weighted by Crippen LogP contribution is 2.25. The van der Waals surface area contributed by atoms with Gasteiger partial charge in [0.25, 0.3) is 0 Å². The molecule has 0 atom stereocenters. The maximum Gasteiger partial charge on any atom is 0.243 e. The predicted molar refractivity (Wildman–Crippen MR) is 108 cm³/mol. The fourth-order valence-electron chi connectivity index (χ4n) is 3.33. The van der Waals surface area contributed by atoms with E-state index < -0.39 is 10.0 Å². The number of halogens is 1. The molecule has 2 aromatic rings. The normalized spacial score (nSPS) is 16.0. The molecular formula is C20H25ClN2O2S. The largest absolute Gasteiger partial charge is 0.369 e. The molecule has 26 heavy (non-hydrogen) atoms. The van der Waals surface area contributed by atoms with Crippen molar-refractivity contribution in [2.75, 3.05) is 37.0 Å². The molecule has 0 unspecified atom stereocenters. The molecule has 3 rings (SSSR count). The molecule has 1 fully saturated rings. The Balaban J connectivity index is 1.71. The first kappa shape index (κ1) is 19.2. The lowest BCUT2D eigenvalue weighted by atomic mass is 10.1. The van der Waals surface area contributed by atoms with E-state index in [-0.39, 0.29) is 0 Å². The average molecular weight is 393 g/mol. The zero-order valence-electron chi connectivity index (χ0n) is 15.3. The number of benzene rings is 2. The van der Waals surface area contributed by atoms with Gasteiger partial charge in [0.1, 0.15) is 0 Å². The monoisotopic (exact) mass is 392 g/mol. The highest BCUT2D eigenvalue weighted by molar-refractivity contribution is 7.89. The summed E-state index contributed by atoms with van der Waals surface area (Å²) in [5.74, 6) is 0.534. The van der Waals surface area contributed by atoms with Gasteiger partial charge in [0.2, 0.25) is 10.0 Å². The third kappa shape index (κ3) is 3.90. The molecule has 1 heterocycles. The standard InChI is InChI=1S/C20H25ClN2O2S/c1-16-4-3-5-20(17(16)2)22-12-14-23(15-13-22)26(24,25)19-8-6-18(7-9-19)10-11-21/h3-9H,10-15H2,1-2H3. The molecule has 0 radical (unpaired) electrons. The number of rotatable bonds is 5. The van der Waals surface area contributed by atoms with Gasteiger partial charge < -0.3 is 4.90 Å². The molecule has 6 heteroatoms. The van der Waals surface area contributed by atoms with Crippen LogP contribution in [0.15, 0.2) is 47.4 Å². The van der Waals surface area contributed by atoms with E-state index in [1.807, 2.05) is 12.1 Å². The summed E-state index contributed by atoms with van der Waals surface area (Å²) in [7, 11) is -3.44. The van der Waals surface area contributed by atoms with Gasteiger partial charge in [-0.1, -0.05) is 24.3 Å². The van der Waals surface area contributed by atoms with Crippen LogP contribution in [-0.4, -0.2) is 44.8 Å². The number of piperazine rings is 1. The first-order valence-electron chi connectivity index (χ1n) is 8.89. The molecule has 0 spiro atoms. The van der Waals surface area contributed by atoms with E-state index in [0.29, 0.717) is 37.0 Å². The van der Waals surface area contributed by atoms with Crippen LogP contribution >= 0.6 is 11.6 Å². The van der Waals surface area contributed by atoms with Gasteiger partial charge in [-0.15, -0.1) is 11.6 Å². The molecule has 4 nitrogen and oxygen atoms in total. The Morgan fingerprint density at radius 1 is 0.962 bits per heavy atom. The van der Waals surface area contributed by atoms with Crippen molar-refractivity contribution < 1.29 is 8.42 Å². The second-order valence-electron chi connectivity index (χ2n) is 6.69.